The Kier molecular flexibility index (Phi) is 8.53. The van der Waals surface area contributed by atoms with Gasteiger partial charge < -0.3 is 17.0 Å². The zero-order valence-electron chi connectivity index (χ0n) is 13.1. The average Bonchev–Trinajstić information content (AvgIpc) is 2.52. The Balaban J connectivity index is 0.00000242. The van der Waals surface area contributed by atoms with Gasteiger partial charge in [0.2, 0.25) is 0 Å². The number of quaternary nitrogens is 1. The van der Waals surface area contributed by atoms with Gasteiger partial charge in [-0.05, 0) is 0 Å². The quantitative estimate of drug-likeness (QED) is 0.346. The van der Waals surface area contributed by atoms with Crippen molar-refractivity contribution in [2.24, 2.45) is 0 Å². The number of rotatable bonds is 5. The fourth-order valence-electron chi connectivity index (χ4n) is 1.88. The number of hydrogen-bond acceptors (Lipinski definition) is 0. The maximum absolute atomic E-state index is 3.30. The van der Waals surface area contributed by atoms with Crippen molar-refractivity contribution in [3.63, 3.8) is 0 Å². The minimum Gasteiger partial charge on any atom is -1.00 e. The van der Waals surface area contributed by atoms with Crippen molar-refractivity contribution >= 4 is 19.4 Å². The van der Waals surface area contributed by atoms with E-state index >= 15 is 0 Å². The molecule has 1 nitrogen and oxygen atoms in total. The van der Waals surface area contributed by atoms with Gasteiger partial charge in [0.15, 0.2) is 0 Å². The smallest absolute Gasteiger partial charge is 1.00 e. The fourth-order valence-corrected chi connectivity index (χ4v) is 3.93. The molecule has 116 valence electrons. The van der Waals surface area contributed by atoms with Crippen LogP contribution in [0.25, 0.3) is 0 Å². The van der Waals surface area contributed by atoms with Crippen LogP contribution >= 0.6 is 0 Å². The molecule has 0 amide bonds. The van der Waals surface area contributed by atoms with Crippen LogP contribution in [0.2, 0.25) is 0 Å². The molecule has 0 saturated heterocycles. The van der Waals surface area contributed by atoms with Crippen LogP contribution in [0, 0.1) is 11.8 Å². The first-order chi connectivity index (χ1) is 10.2. The van der Waals surface area contributed by atoms with E-state index in [1.807, 2.05) is 18.2 Å². The molecule has 0 radical (unpaired) electrons. The molecule has 0 aliphatic heterocycles. The molecular formula is C19H22BrNSe. The molecular weight excluding hydrogens is 401 g/mol. The fraction of sp³-hybridized carbons (Fsp3) is 0.263. The molecule has 0 unspecified atom stereocenters. The molecule has 0 atom stereocenters. The zero-order valence-corrected chi connectivity index (χ0v) is 16.4. The summed E-state index contributed by atoms with van der Waals surface area (Å²) in [6, 6.07) is 21.0. The molecule has 0 aliphatic rings. The van der Waals surface area contributed by atoms with E-state index in [1.165, 1.54) is 9.91 Å². The SMILES string of the molecule is C[N+](C)(CCC#Cc1ccccc1)C[Se]c1ccccc1.[Br-]. The topological polar surface area (TPSA) is 0 Å². The second-order valence-corrected chi connectivity index (χ2v) is 7.80. The third kappa shape index (κ3) is 7.29. The van der Waals surface area contributed by atoms with Crippen LogP contribution in [-0.4, -0.2) is 45.5 Å². The van der Waals surface area contributed by atoms with Crippen LogP contribution < -0.4 is 21.4 Å². The third-order valence-corrected chi connectivity index (χ3v) is 6.18. The summed E-state index contributed by atoms with van der Waals surface area (Å²) in [7, 11) is 4.60. The Morgan fingerprint density at radius 1 is 0.909 bits per heavy atom. The van der Waals surface area contributed by atoms with Crippen molar-refractivity contribution < 1.29 is 21.5 Å². The number of nitrogens with zero attached hydrogens (tertiary/aromatic N) is 1. The van der Waals surface area contributed by atoms with Gasteiger partial charge in [0, 0.05) is 0 Å². The first kappa shape index (κ1) is 19.0. The summed E-state index contributed by atoms with van der Waals surface area (Å²) in [6.07, 6.45) is 0.951. The van der Waals surface area contributed by atoms with Gasteiger partial charge in [-0.2, -0.15) is 0 Å². The van der Waals surface area contributed by atoms with E-state index in [0.29, 0.717) is 15.0 Å². The minimum absolute atomic E-state index is 0. The Morgan fingerprint density at radius 3 is 2.14 bits per heavy atom. The van der Waals surface area contributed by atoms with Gasteiger partial charge in [-0.1, -0.05) is 0 Å². The monoisotopic (exact) mass is 423 g/mol. The van der Waals surface area contributed by atoms with E-state index in [9.17, 15) is 0 Å². The van der Waals surface area contributed by atoms with Crippen molar-refractivity contribution in [2.45, 2.75) is 6.42 Å². The number of halogens is 1. The van der Waals surface area contributed by atoms with E-state index in [4.69, 9.17) is 0 Å². The van der Waals surface area contributed by atoms with Crippen LogP contribution in [0.5, 0.6) is 0 Å². The summed E-state index contributed by atoms with van der Waals surface area (Å²) in [6.45, 7) is 1.11. The summed E-state index contributed by atoms with van der Waals surface area (Å²) in [5.74, 6) is 6.53. The Morgan fingerprint density at radius 2 is 1.50 bits per heavy atom. The van der Waals surface area contributed by atoms with Gasteiger partial charge in [-0.25, -0.2) is 0 Å². The molecule has 22 heavy (non-hydrogen) atoms. The van der Waals surface area contributed by atoms with Gasteiger partial charge in [-0.3, -0.25) is 0 Å². The van der Waals surface area contributed by atoms with Crippen molar-refractivity contribution in [1.29, 1.82) is 0 Å². The maximum Gasteiger partial charge on any atom is -1.00 e. The van der Waals surface area contributed by atoms with Crippen molar-refractivity contribution in [2.75, 3.05) is 26.1 Å². The molecule has 0 N–H and O–H groups in total. The van der Waals surface area contributed by atoms with Gasteiger partial charge >= 0.3 is 134 Å². The van der Waals surface area contributed by atoms with Crippen LogP contribution in [0.4, 0.5) is 0 Å². The molecule has 0 aliphatic carbocycles. The summed E-state index contributed by atoms with van der Waals surface area (Å²) in [5, 5.41) is 0. The predicted octanol–water partition coefficient (Wildman–Crippen LogP) is -0.504. The average molecular weight is 423 g/mol. The van der Waals surface area contributed by atoms with Crippen LogP contribution in [0.15, 0.2) is 60.7 Å². The maximum atomic E-state index is 3.30. The van der Waals surface area contributed by atoms with E-state index in [1.54, 1.807) is 0 Å². The predicted molar refractivity (Wildman–Crippen MR) is 91.6 cm³/mol. The normalized spacial score (nSPS) is 10.3. The van der Waals surface area contributed by atoms with Crippen LogP contribution in [-0.2, 0) is 0 Å². The molecule has 2 aromatic rings. The Labute approximate surface area is 151 Å². The molecule has 2 rings (SSSR count). The van der Waals surface area contributed by atoms with Gasteiger partial charge in [0.25, 0.3) is 0 Å². The summed E-state index contributed by atoms with van der Waals surface area (Å²) in [5.41, 5.74) is 2.32. The first-order valence-electron chi connectivity index (χ1n) is 7.19. The van der Waals surface area contributed by atoms with Gasteiger partial charge in [0.1, 0.15) is 0 Å². The molecule has 2 aromatic carbocycles. The second-order valence-electron chi connectivity index (χ2n) is 5.66. The summed E-state index contributed by atoms with van der Waals surface area (Å²) in [4.78, 5) is 0. The van der Waals surface area contributed by atoms with E-state index in [-0.39, 0.29) is 17.0 Å². The van der Waals surface area contributed by atoms with Crippen molar-refractivity contribution in [3.8, 4) is 11.8 Å². The zero-order chi connectivity index (χ0) is 15.0. The first-order valence-corrected chi connectivity index (χ1v) is 9.26. The second kappa shape index (κ2) is 9.87. The van der Waals surface area contributed by atoms with Crippen LogP contribution in [0.3, 0.4) is 0 Å². The molecule has 0 heterocycles. The standard InChI is InChI=1S/C19H22NSe.BrH/c1-20(2,17-21-19-14-7-4-8-15-19)16-10-9-13-18-11-5-3-6-12-18;/h3-8,11-12,14-15H,10,16-17H2,1-2H3;1H/q+1;/p-1. The molecule has 3 heteroatoms. The Bertz CT molecular complexity index is 600. The summed E-state index contributed by atoms with van der Waals surface area (Å²) < 4.78 is 2.52. The molecule has 0 saturated carbocycles. The molecule has 0 spiro atoms. The van der Waals surface area contributed by atoms with Gasteiger partial charge in [0.05, 0.1) is 0 Å². The third-order valence-electron chi connectivity index (χ3n) is 3.17. The van der Waals surface area contributed by atoms with Crippen LogP contribution in [0.1, 0.15) is 12.0 Å². The van der Waals surface area contributed by atoms with Crippen molar-refractivity contribution in [1.82, 2.24) is 0 Å². The van der Waals surface area contributed by atoms with E-state index in [2.05, 4.69) is 68.4 Å². The Hall–Kier alpha value is -1.04. The van der Waals surface area contributed by atoms with E-state index < -0.39 is 0 Å². The largest absolute Gasteiger partial charge is 1.00 e. The molecule has 0 fully saturated rings. The van der Waals surface area contributed by atoms with Gasteiger partial charge in [-0.15, -0.1) is 0 Å². The van der Waals surface area contributed by atoms with Crippen molar-refractivity contribution in [3.05, 3.63) is 66.2 Å². The molecule has 0 aromatic heterocycles. The number of benzene rings is 2. The molecule has 0 bridgehead atoms. The van der Waals surface area contributed by atoms with E-state index in [0.717, 1.165) is 23.0 Å². The number of hydrogen-bond donors (Lipinski definition) is 0. The minimum atomic E-state index is 0. The summed E-state index contributed by atoms with van der Waals surface area (Å²) >= 11 is 0.539.